The highest BCUT2D eigenvalue weighted by Crippen LogP contribution is 2.10. The van der Waals surface area contributed by atoms with Crippen LogP contribution >= 0.6 is 23.2 Å². The molecule has 1 atom stereocenters. The molecule has 0 aromatic heterocycles. The van der Waals surface area contributed by atoms with Gasteiger partial charge in [-0.3, -0.25) is 0 Å². The Morgan fingerprint density at radius 3 is 2.62 bits per heavy atom. The molecular weight excluding hydrogens is 249 g/mol. The molecule has 0 bridgehead atoms. The lowest BCUT2D eigenvalue weighted by Crippen LogP contribution is -2.35. The molecule has 88 valence electrons. The van der Waals surface area contributed by atoms with Crippen LogP contribution in [0, 0.1) is 0 Å². The monoisotopic (exact) mass is 261 g/mol. The normalized spacial score (nSPS) is 11.9. The summed E-state index contributed by atoms with van der Waals surface area (Å²) < 4.78 is 5.11. The Kier molecular flexibility index (Phi) is 5.43. The third-order valence-electron chi connectivity index (χ3n) is 1.90. The molecule has 16 heavy (non-hydrogen) atoms. The first kappa shape index (κ1) is 13.1. The van der Waals surface area contributed by atoms with E-state index in [2.05, 4.69) is 0 Å². The third-order valence-corrected chi connectivity index (χ3v) is 2.72. The van der Waals surface area contributed by atoms with Crippen LogP contribution in [0.3, 0.4) is 0 Å². The Labute approximate surface area is 105 Å². The number of carbonyl (C=O) groups is 1. The van der Waals surface area contributed by atoms with Gasteiger partial charge >= 0.3 is 6.09 Å². The number of benzene rings is 1. The number of halogens is 2. The second-order valence-corrected chi connectivity index (χ2v) is 4.24. The second-order valence-electron chi connectivity index (χ2n) is 3.31. The van der Waals surface area contributed by atoms with Gasteiger partial charge in [0.05, 0.1) is 5.38 Å². The molecule has 0 radical (unpaired) electrons. The number of alkyl halides is 2. The smallest absolute Gasteiger partial charge is 0.410 e. The first-order chi connectivity index (χ1) is 7.63. The minimum Gasteiger partial charge on any atom is -0.410 e. The first-order valence-electron chi connectivity index (χ1n) is 4.81. The summed E-state index contributed by atoms with van der Waals surface area (Å²) in [5.41, 5.74) is 0. The van der Waals surface area contributed by atoms with E-state index in [0.29, 0.717) is 18.2 Å². The molecule has 0 saturated heterocycles. The van der Waals surface area contributed by atoms with Crippen molar-refractivity contribution >= 4 is 29.3 Å². The number of hydrogen-bond donors (Lipinski definition) is 0. The van der Waals surface area contributed by atoms with Crippen LogP contribution in [0.25, 0.3) is 0 Å². The highest BCUT2D eigenvalue weighted by Gasteiger charge is 2.14. The third kappa shape index (κ3) is 4.29. The molecule has 1 rings (SSSR count). The Balaban J connectivity index is 2.46. The number of para-hydroxylation sites is 1. The van der Waals surface area contributed by atoms with Crippen LogP contribution in [-0.2, 0) is 0 Å². The van der Waals surface area contributed by atoms with Gasteiger partial charge in [0.1, 0.15) is 5.75 Å². The summed E-state index contributed by atoms with van der Waals surface area (Å²) in [7, 11) is 1.62. The van der Waals surface area contributed by atoms with Crippen molar-refractivity contribution < 1.29 is 9.53 Å². The first-order valence-corrected chi connectivity index (χ1v) is 5.78. The average Bonchev–Trinajstić information content (AvgIpc) is 2.30. The van der Waals surface area contributed by atoms with Gasteiger partial charge in [-0.25, -0.2) is 4.79 Å². The predicted molar refractivity (Wildman–Crippen MR) is 65.5 cm³/mol. The highest BCUT2D eigenvalue weighted by atomic mass is 35.5. The van der Waals surface area contributed by atoms with Gasteiger partial charge in [-0.05, 0) is 12.1 Å². The van der Waals surface area contributed by atoms with Crippen LogP contribution in [0.15, 0.2) is 30.3 Å². The van der Waals surface area contributed by atoms with Gasteiger partial charge in [0.15, 0.2) is 0 Å². The van der Waals surface area contributed by atoms with Crippen molar-refractivity contribution in [2.24, 2.45) is 0 Å². The van der Waals surface area contributed by atoms with Gasteiger partial charge in [0, 0.05) is 19.5 Å². The fourth-order valence-electron chi connectivity index (χ4n) is 1.09. The molecule has 0 N–H and O–H groups in total. The van der Waals surface area contributed by atoms with Gasteiger partial charge in [0.2, 0.25) is 0 Å². The number of ether oxygens (including phenoxy) is 1. The quantitative estimate of drug-likeness (QED) is 0.781. The number of nitrogens with zero attached hydrogens (tertiary/aromatic N) is 1. The summed E-state index contributed by atoms with van der Waals surface area (Å²) in [5.74, 6) is 0.807. The molecule has 0 fully saturated rings. The molecule has 0 aliphatic rings. The van der Waals surface area contributed by atoms with Crippen molar-refractivity contribution in [3.63, 3.8) is 0 Å². The summed E-state index contributed by atoms with van der Waals surface area (Å²) in [4.78, 5) is 13.0. The number of hydrogen-bond acceptors (Lipinski definition) is 2. The molecule has 1 aromatic carbocycles. The van der Waals surface area contributed by atoms with Crippen molar-refractivity contribution in [2.45, 2.75) is 5.38 Å². The van der Waals surface area contributed by atoms with E-state index in [1.54, 1.807) is 31.3 Å². The van der Waals surface area contributed by atoms with Crippen LogP contribution in [0.2, 0.25) is 0 Å². The van der Waals surface area contributed by atoms with Gasteiger partial charge in [0.25, 0.3) is 0 Å². The Morgan fingerprint density at radius 1 is 1.44 bits per heavy atom. The molecule has 0 aliphatic heterocycles. The molecule has 0 heterocycles. The zero-order valence-corrected chi connectivity index (χ0v) is 10.4. The largest absolute Gasteiger partial charge is 0.415 e. The lowest BCUT2D eigenvalue weighted by Gasteiger charge is -2.18. The van der Waals surface area contributed by atoms with Gasteiger partial charge in [-0.2, -0.15) is 0 Å². The summed E-state index contributed by atoms with van der Waals surface area (Å²) >= 11 is 11.4. The van der Waals surface area contributed by atoms with Crippen molar-refractivity contribution in [1.82, 2.24) is 4.90 Å². The van der Waals surface area contributed by atoms with Gasteiger partial charge in [-0.15, -0.1) is 23.2 Å². The van der Waals surface area contributed by atoms with Gasteiger partial charge in [-0.1, -0.05) is 18.2 Å². The molecule has 5 heteroatoms. The summed E-state index contributed by atoms with van der Waals surface area (Å²) in [5, 5.41) is -0.269. The lowest BCUT2D eigenvalue weighted by molar-refractivity contribution is 0.163. The molecule has 1 amide bonds. The Morgan fingerprint density at radius 2 is 2.06 bits per heavy atom. The maximum absolute atomic E-state index is 11.6. The number of carbonyl (C=O) groups excluding carboxylic acids is 1. The fourth-order valence-corrected chi connectivity index (χ4v) is 1.39. The molecule has 1 aromatic rings. The molecule has 0 aliphatic carbocycles. The van der Waals surface area contributed by atoms with Crippen LogP contribution < -0.4 is 4.74 Å². The van der Waals surface area contributed by atoms with Crippen molar-refractivity contribution in [3.05, 3.63) is 30.3 Å². The zero-order chi connectivity index (χ0) is 12.0. The molecule has 0 saturated carbocycles. The van der Waals surface area contributed by atoms with Crippen LogP contribution in [0.5, 0.6) is 5.75 Å². The standard InChI is InChI=1S/C11H13Cl2NO2/c1-14(8-9(13)7-12)11(15)16-10-5-3-2-4-6-10/h2-6,9H,7-8H2,1H3. The summed E-state index contributed by atoms with van der Waals surface area (Å²) in [6.45, 7) is 0.358. The maximum Gasteiger partial charge on any atom is 0.415 e. The van der Waals surface area contributed by atoms with E-state index < -0.39 is 6.09 Å². The topological polar surface area (TPSA) is 29.5 Å². The SMILES string of the molecule is CN(CC(Cl)CCl)C(=O)Oc1ccccc1. The predicted octanol–water partition coefficient (Wildman–Crippen LogP) is 2.96. The van der Waals surface area contributed by atoms with Crippen LogP contribution in [-0.4, -0.2) is 35.8 Å². The maximum atomic E-state index is 11.6. The summed E-state index contributed by atoms with van der Waals surface area (Å²) in [6.07, 6.45) is -0.443. The molecule has 1 unspecified atom stereocenters. The highest BCUT2D eigenvalue weighted by molar-refractivity contribution is 6.28. The van der Waals surface area contributed by atoms with E-state index in [1.165, 1.54) is 4.90 Å². The fraction of sp³-hybridized carbons (Fsp3) is 0.364. The zero-order valence-electron chi connectivity index (χ0n) is 8.90. The second kappa shape index (κ2) is 6.61. The van der Waals surface area contributed by atoms with Gasteiger partial charge < -0.3 is 9.64 Å². The molecule has 0 spiro atoms. The van der Waals surface area contributed by atoms with E-state index in [1.807, 2.05) is 6.07 Å². The molecular formula is C11H13Cl2NO2. The Bertz CT molecular complexity index is 332. The minimum atomic E-state index is -0.443. The number of amides is 1. The minimum absolute atomic E-state index is 0.269. The lowest BCUT2D eigenvalue weighted by atomic mass is 10.3. The van der Waals surface area contributed by atoms with E-state index in [0.717, 1.165) is 0 Å². The number of rotatable bonds is 4. The van der Waals surface area contributed by atoms with Crippen LogP contribution in [0.1, 0.15) is 0 Å². The Hall–Kier alpha value is -0.930. The summed E-state index contributed by atoms with van der Waals surface area (Å²) in [6, 6.07) is 8.87. The van der Waals surface area contributed by atoms with E-state index in [4.69, 9.17) is 27.9 Å². The van der Waals surface area contributed by atoms with Crippen LogP contribution in [0.4, 0.5) is 4.79 Å². The van der Waals surface area contributed by atoms with E-state index in [9.17, 15) is 4.79 Å². The van der Waals surface area contributed by atoms with Crippen molar-refractivity contribution in [3.8, 4) is 5.75 Å². The van der Waals surface area contributed by atoms with Crippen molar-refractivity contribution in [2.75, 3.05) is 19.5 Å². The van der Waals surface area contributed by atoms with Crippen molar-refractivity contribution in [1.29, 1.82) is 0 Å². The van der Waals surface area contributed by atoms with E-state index >= 15 is 0 Å². The van der Waals surface area contributed by atoms with E-state index in [-0.39, 0.29) is 5.38 Å². The molecule has 3 nitrogen and oxygen atoms in total. The average molecular weight is 262 g/mol.